The minimum absolute atomic E-state index is 0.0814. The SMILES string of the molecule is Cc1csc(C2C(N)=NC(S)=C(C#N)C23CCCCC3)n1. The van der Waals surface area contributed by atoms with E-state index in [-0.39, 0.29) is 11.3 Å². The Hall–Kier alpha value is -1.32. The molecule has 6 heteroatoms. The van der Waals surface area contributed by atoms with Crippen molar-refractivity contribution in [3.63, 3.8) is 0 Å². The molecule has 1 aliphatic carbocycles. The van der Waals surface area contributed by atoms with Gasteiger partial charge in [-0.1, -0.05) is 19.3 Å². The average Bonchev–Trinajstić information content (AvgIpc) is 2.86. The fourth-order valence-electron chi connectivity index (χ4n) is 3.64. The van der Waals surface area contributed by atoms with Gasteiger partial charge in [-0.15, -0.1) is 24.0 Å². The molecule has 1 aliphatic heterocycles. The van der Waals surface area contributed by atoms with Crippen LogP contribution in [0, 0.1) is 23.7 Å². The number of thiol groups is 1. The molecule has 2 heterocycles. The smallest absolute Gasteiger partial charge is 0.111 e. The summed E-state index contributed by atoms with van der Waals surface area (Å²) >= 11 is 6.02. The van der Waals surface area contributed by atoms with Crippen molar-refractivity contribution in [3.8, 4) is 6.07 Å². The molecule has 0 aromatic carbocycles. The second-order valence-electron chi connectivity index (χ2n) is 5.82. The Morgan fingerprint density at radius 3 is 2.71 bits per heavy atom. The van der Waals surface area contributed by atoms with E-state index in [1.165, 1.54) is 6.42 Å². The number of aromatic nitrogens is 1. The molecule has 21 heavy (non-hydrogen) atoms. The lowest BCUT2D eigenvalue weighted by atomic mass is 9.61. The number of nitriles is 1. The molecule has 1 unspecified atom stereocenters. The first-order chi connectivity index (χ1) is 10.1. The molecular weight excluding hydrogens is 300 g/mol. The van der Waals surface area contributed by atoms with Gasteiger partial charge in [0.1, 0.15) is 15.9 Å². The normalized spacial score (nSPS) is 24.8. The maximum absolute atomic E-state index is 9.65. The predicted molar refractivity (Wildman–Crippen MR) is 88.4 cm³/mol. The Kier molecular flexibility index (Phi) is 3.80. The first kappa shape index (κ1) is 14.6. The molecule has 1 atom stereocenters. The quantitative estimate of drug-likeness (QED) is 0.778. The Bertz CT molecular complexity index is 659. The third-order valence-electron chi connectivity index (χ3n) is 4.55. The average molecular weight is 318 g/mol. The van der Waals surface area contributed by atoms with Crippen LogP contribution in [0.1, 0.15) is 48.7 Å². The molecule has 2 N–H and O–H groups in total. The third kappa shape index (κ3) is 2.29. The minimum Gasteiger partial charge on any atom is -0.387 e. The lowest BCUT2D eigenvalue weighted by Gasteiger charge is -2.44. The highest BCUT2D eigenvalue weighted by atomic mass is 32.1. The van der Waals surface area contributed by atoms with Crippen LogP contribution in [0.2, 0.25) is 0 Å². The fraction of sp³-hybridized carbons (Fsp3) is 0.533. The van der Waals surface area contributed by atoms with Gasteiger partial charge in [0.15, 0.2) is 0 Å². The molecule has 1 spiro atoms. The van der Waals surface area contributed by atoms with Gasteiger partial charge in [0.2, 0.25) is 0 Å². The number of aliphatic imine (C=N–C) groups is 1. The van der Waals surface area contributed by atoms with Crippen molar-refractivity contribution in [3.05, 3.63) is 26.7 Å². The van der Waals surface area contributed by atoms with Crippen LogP contribution in [-0.4, -0.2) is 10.8 Å². The van der Waals surface area contributed by atoms with Crippen molar-refractivity contribution in [1.29, 1.82) is 5.26 Å². The summed E-state index contributed by atoms with van der Waals surface area (Å²) in [6.07, 6.45) is 5.35. The van der Waals surface area contributed by atoms with Gasteiger partial charge in [0.05, 0.1) is 17.6 Å². The Balaban J connectivity index is 2.17. The Morgan fingerprint density at radius 1 is 1.43 bits per heavy atom. The summed E-state index contributed by atoms with van der Waals surface area (Å²) in [6, 6.07) is 2.36. The number of hydrogen-bond donors (Lipinski definition) is 2. The molecule has 0 radical (unpaired) electrons. The predicted octanol–water partition coefficient (Wildman–Crippen LogP) is 3.52. The van der Waals surface area contributed by atoms with E-state index in [4.69, 9.17) is 5.73 Å². The topological polar surface area (TPSA) is 75.1 Å². The standard InChI is InChI=1S/C15H18N4S2/c1-9-8-21-14(18-9)11-12(17)19-13(20)10(7-16)15(11)5-3-2-4-6-15/h8,11,20H,2-6H2,1H3,(H2,17,19). The van der Waals surface area contributed by atoms with Crippen molar-refractivity contribution in [1.82, 2.24) is 4.98 Å². The van der Waals surface area contributed by atoms with E-state index < -0.39 is 0 Å². The zero-order chi connectivity index (χ0) is 15.0. The summed E-state index contributed by atoms with van der Waals surface area (Å²) in [5.74, 6) is 0.470. The molecular formula is C15H18N4S2. The number of aryl methyl sites for hydroxylation is 1. The molecule has 3 rings (SSSR count). The Morgan fingerprint density at radius 2 is 2.14 bits per heavy atom. The van der Waals surface area contributed by atoms with Crippen molar-refractivity contribution in [2.75, 3.05) is 0 Å². The highest BCUT2D eigenvalue weighted by molar-refractivity contribution is 7.84. The number of thiazole rings is 1. The fourth-order valence-corrected chi connectivity index (χ4v) is 5.05. The van der Waals surface area contributed by atoms with Crippen LogP contribution in [0.25, 0.3) is 0 Å². The number of hydrogen-bond acceptors (Lipinski definition) is 6. The van der Waals surface area contributed by atoms with Crippen LogP contribution in [0.15, 0.2) is 21.0 Å². The lowest BCUT2D eigenvalue weighted by molar-refractivity contribution is 0.224. The summed E-state index contributed by atoms with van der Waals surface area (Å²) in [7, 11) is 0. The second kappa shape index (κ2) is 5.47. The van der Waals surface area contributed by atoms with Crippen molar-refractivity contribution >= 4 is 29.8 Å². The van der Waals surface area contributed by atoms with Gasteiger partial charge in [-0.2, -0.15) is 5.26 Å². The van der Waals surface area contributed by atoms with E-state index in [2.05, 4.69) is 28.7 Å². The second-order valence-corrected chi connectivity index (χ2v) is 7.14. The zero-order valence-corrected chi connectivity index (χ0v) is 13.7. The number of nitrogens with zero attached hydrogens (tertiary/aromatic N) is 3. The van der Waals surface area contributed by atoms with Gasteiger partial charge < -0.3 is 5.73 Å². The first-order valence-electron chi connectivity index (χ1n) is 7.18. The maximum atomic E-state index is 9.65. The van der Waals surface area contributed by atoms with E-state index >= 15 is 0 Å². The van der Waals surface area contributed by atoms with E-state index in [9.17, 15) is 5.26 Å². The van der Waals surface area contributed by atoms with Crippen LogP contribution in [0.4, 0.5) is 0 Å². The largest absolute Gasteiger partial charge is 0.387 e. The highest BCUT2D eigenvalue weighted by Crippen LogP contribution is 2.55. The summed E-state index contributed by atoms with van der Waals surface area (Å²) in [4.78, 5) is 8.96. The van der Waals surface area contributed by atoms with Crippen LogP contribution in [0.5, 0.6) is 0 Å². The van der Waals surface area contributed by atoms with Crippen molar-refractivity contribution in [2.24, 2.45) is 16.1 Å². The monoisotopic (exact) mass is 318 g/mol. The van der Waals surface area contributed by atoms with E-state index in [0.717, 1.165) is 36.4 Å². The number of allylic oxidation sites excluding steroid dienone is 1. The van der Waals surface area contributed by atoms with Gasteiger partial charge in [-0.25, -0.2) is 9.98 Å². The van der Waals surface area contributed by atoms with Crippen LogP contribution in [0.3, 0.4) is 0 Å². The van der Waals surface area contributed by atoms with Gasteiger partial charge >= 0.3 is 0 Å². The third-order valence-corrected chi connectivity index (χ3v) is 5.90. The van der Waals surface area contributed by atoms with Crippen molar-refractivity contribution in [2.45, 2.75) is 44.9 Å². The van der Waals surface area contributed by atoms with Crippen molar-refractivity contribution < 1.29 is 0 Å². The zero-order valence-electron chi connectivity index (χ0n) is 12.0. The molecule has 2 aliphatic rings. The molecule has 0 saturated heterocycles. The summed E-state index contributed by atoms with van der Waals surface area (Å²) in [5.41, 5.74) is 7.68. The number of amidine groups is 1. The van der Waals surface area contributed by atoms with Crippen LogP contribution >= 0.6 is 24.0 Å². The van der Waals surface area contributed by atoms with E-state index in [1.807, 2.05) is 12.3 Å². The molecule has 1 fully saturated rings. The van der Waals surface area contributed by atoms with Gasteiger partial charge in [-0.3, -0.25) is 0 Å². The molecule has 0 amide bonds. The molecule has 0 bridgehead atoms. The first-order valence-corrected chi connectivity index (χ1v) is 8.51. The highest BCUT2D eigenvalue weighted by Gasteiger charge is 2.50. The number of rotatable bonds is 1. The molecule has 1 saturated carbocycles. The lowest BCUT2D eigenvalue weighted by Crippen LogP contribution is -2.43. The molecule has 1 aromatic heterocycles. The van der Waals surface area contributed by atoms with Crippen LogP contribution in [-0.2, 0) is 0 Å². The van der Waals surface area contributed by atoms with E-state index in [0.29, 0.717) is 16.4 Å². The molecule has 110 valence electrons. The summed E-state index contributed by atoms with van der Waals surface area (Å²) in [6.45, 7) is 1.98. The summed E-state index contributed by atoms with van der Waals surface area (Å²) in [5, 5.41) is 13.1. The van der Waals surface area contributed by atoms with Gasteiger partial charge in [0, 0.05) is 16.5 Å². The molecule has 1 aromatic rings. The van der Waals surface area contributed by atoms with Crippen LogP contribution < -0.4 is 5.73 Å². The Labute approximate surface area is 134 Å². The molecule has 4 nitrogen and oxygen atoms in total. The van der Waals surface area contributed by atoms with E-state index in [1.54, 1.807) is 11.3 Å². The van der Waals surface area contributed by atoms with Gasteiger partial charge in [0.25, 0.3) is 0 Å². The van der Waals surface area contributed by atoms with Gasteiger partial charge in [-0.05, 0) is 19.8 Å². The maximum Gasteiger partial charge on any atom is 0.111 e. The number of nitrogens with two attached hydrogens (primary N) is 1. The summed E-state index contributed by atoms with van der Waals surface area (Å²) < 4.78 is 0. The minimum atomic E-state index is -0.264.